The van der Waals surface area contributed by atoms with Crippen LogP contribution in [0.25, 0.3) is 0 Å². The zero-order valence-corrected chi connectivity index (χ0v) is 19.1. The standard InChI is InChI=1S/C23H37N7/c1-6-24-23(25-16-22(28(3)4)20-15-26-29(5)17-20)27-18(2)19-10-9-11-21(14-19)30-12-7-8-13-30/h9-11,14-15,17-18,22H,6-8,12-13,16H2,1-5H3,(H2,24,25,27). The van der Waals surface area contributed by atoms with Crippen molar-refractivity contribution in [2.24, 2.45) is 12.0 Å². The van der Waals surface area contributed by atoms with Gasteiger partial charge in [-0.15, -0.1) is 0 Å². The SMILES string of the molecule is CCNC(=NCC(c1cnn(C)c1)N(C)C)NC(C)c1cccc(N2CCCC2)c1. The van der Waals surface area contributed by atoms with Crippen molar-refractivity contribution in [3.63, 3.8) is 0 Å². The van der Waals surface area contributed by atoms with Crippen LogP contribution in [0.3, 0.4) is 0 Å². The van der Waals surface area contributed by atoms with E-state index in [2.05, 4.69) is 83.9 Å². The monoisotopic (exact) mass is 411 g/mol. The highest BCUT2D eigenvalue weighted by molar-refractivity contribution is 5.80. The van der Waals surface area contributed by atoms with E-state index in [4.69, 9.17) is 4.99 Å². The van der Waals surface area contributed by atoms with Crippen molar-refractivity contribution in [2.75, 3.05) is 45.2 Å². The van der Waals surface area contributed by atoms with Gasteiger partial charge in [0, 0.05) is 44.1 Å². The third-order valence-electron chi connectivity index (χ3n) is 5.69. The molecule has 1 fully saturated rings. The van der Waals surface area contributed by atoms with Crippen LogP contribution in [-0.4, -0.2) is 60.9 Å². The van der Waals surface area contributed by atoms with Gasteiger partial charge in [-0.3, -0.25) is 9.67 Å². The number of rotatable bonds is 8. The van der Waals surface area contributed by atoms with Crippen LogP contribution < -0.4 is 15.5 Å². The highest BCUT2D eigenvalue weighted by Gasteiger charge is 2.17. The van der Waals surface area contributed by atoms with E-state index in [1.807, 2.05) is 17.9 Å². The second kappa shape index (κ2) is 10.5. The molecule has 0 radical (unpaired) electrons. The highest BCUT2D eigenvalue weighted by Crippen LogP contribution is 2.24. The Bertz CT molecular complexity index is 820. The number of aliphatic imine (C=N–C) groups is 1. The lowest BCUT2D eigenvalue weighted by Gasteiger charge is -2.24. The lowest BCUT2D eigenvalue weighted by atomic mass is 10.1. The van der Waals surface area contributed by atoms with Crippen LogP contribution in [0.1, 0.15) is 49.9 Å². The molecule has 0 spiro atoms. The summed E-state index contributed by atoms with van der Waals surface area (Å²) in [5.41, 5.74) is 3.78. The van der Waals surface area contributed by atoms with E-state index < -0.39 is 0 Å². The Morgan fingerprint density at radius 3 is 2.63 bits per heavy atom. The first-order chi connectivity index (χ1) is 14.5. The minimum Gasteiger partial charge on any atom is -0.372 e. The van der Waals surface area contributed by atoms with Gasteiger partial charge in [0.1, 0.15) is 0 Å². The lowest BCUT2D eigenvalue weighted by Crippen LogP contribution is -2.39. The fourth-order valence-electron chi connectivity index (χ4n) is 3.93. The number of aromatic nitrogens is 2. The molecule has 7 nitrogen and oxygen atoms in total. The molecule has 1 saturated heterocycles. The predicted octanol–water partition coefficient (Wildman–Crippen LogP) is 2.94. The Balaban J connectivity index is 1.70. The lowest BCUT2D eigenvalue weighted by molar-refractivity contribution is 0.306. The molecule has 2 atom stereocenters. The normalized spacial score (nSPS) is 16.7. The quantitative estimate of drug-likeness (QED) is 0.517. The molecule has 2 unspecified atom stereocenters. The molecule has 1 aromatic heterocycles. The molecule has 1 aliphatic rings. The van der Waals surface area contributed by atoms with Crippen molar-refractivity contribution >= 4 is 11.6 Å². The van der Waals surface area contributed by atoms with Gasteiger partial charge in [0.15, 0.2) is 5.96 Å². The third-order valence-corrected chi connectivity index (χ3v) is 5.69. The summed E-state index contributed by atoms with van der Waals surface area (Å²) in [6.45, 7) is 8.10. The average molecular weight is 412 g/mol. The Morgan fingerprint density at radius 1 is 1.23 bits per heavy atom. The van der Waals surface area contributed by atoms with Crippen LogP contribution in [0.2, 0.25) is 0 Å². The number of aryl methyl sites for hydroxylation is 1. The number of nitrogens with zero attached hydrogens (tertiary/aromatic N) is 5. The van der Waals surface area contributed by atoms with E-state index in [0.29, 0.717) is 6.54 Å². The first kappa shape index (κ1) is 22.2. The molecule has 1 aliphatic heterocycles. The van der Waals surface area contributed by atoms with Gasteiger partial charge in [0.2, 0.25) is 0 Å². The van der Waals surface area contributed by atoms with E-state index in [1.165, 1.54) is 29.7 Å². The predicted molar refractivity (Wildman–Crippen MR) is 125 cm³/mol. The van der Waals surface area contributed by atoms with Crippen molar-refractivity contribution in [1.82, 2.24) is 25.3 Å². The summed E-state index contributed by atoms with van der Waals surface area (Å²) in [5, 5.41) is 11.3. The van der Waals surface area contributed by atoms with Crippen molar-refractivity contribution in [3.8, 4) is 0 Å². The summed E-state index contributed by atoms with van der Waals surface area (Å²) in [6.07, 6.45) is 6.57. The zero-order chi connectivity index (χ0) is 21.5. The highest BCUT2D eigenvalue weighted by atomic mass is 15.3. The Morgan fingerprint density at radius 2 is 2.00 bits per heavy atom. The van der Waals surface area contributed by atoms with E-state index >= 15 is 0 Å². The van der Waals surface area contributed by atoms with Crippen LogP contribution in [-0.2, 0) is 7.05 Å². The van der Waals surface area contributed by atoms with Crippen molar-refractivity contribution in [1.29, 1.82) is 0 Å². The number of hydrogen-bond donors (Lipinski definition) is 2. The minimum atomic E-state index is 0.168. The van der Waals surface area contributed by atoms with E-state index in [1.54, 1.807) is 0 Å². The number of anilines is 1. The molecule has 0 amide bonds. The van der Waals surface area contributed by atoms with E-state index in [9.17, 15) is 0 Å². The molecule has 7 heteroatoms. The topological polar surface area (TPSA) is 60.7 Å². The van der Waals surface area contributed by atoms with Gasteiger partial charge in [0.05, 0.1) is 24.8 Å². The summed E-state index contributed by atoms with van der Waals surface area (Å²) >= 11 is 0. The van der Waals surface area contributed by atoms with Crippen molar-refractivity contribution in [2.45, 2.75) is 38.8 Å². The molecule has 1 aromatic carbocycles. The number of likely N-dealkylation sites (N-methyl/N-ethyl adjacent to an activating group) is 1. The fraction of sp³-hybridized carbons (Fsp3) is 0.565. The molecular formula is C23H37N7. The van der Waals surface area contributed by atoms with Gasteiger partial charge in [-0.2, -0.15) is 5.10 Å². The molecule has 2 heterocycles. The van der Waals surface area contributed by atoms with E-state index in [0.717, 1.165) is 25.6 Å². The molecule has 0 aliphatic carbocycles. The van der Waals surface area contributed by atoms with Crippen molar-refractivity contribution in [3.05, 3.63) is 47.8 Å². The maximum absolute atomic E-state index is 4.89. The molecule has 0 bridgehead atoms. The second-order valence-electron chi connectivity index (χ2n) is 8.30. The van der Waals surface area contributed by atoms with E-state index in [-0.39, 0.29) is 12.1 Å². The summed E-state index contributed by atoms with van der Waals surface area (Å²) < 4.78 is 1.84. The molecule has 2 N–H and O–H groups in total. The summed E-state index contributed by atoms with van der Waals surface area (Å²) in [6, 6.07) is 9.24. The molecule has 30 heavy (non-hydrogen) atoms. The molecule has 2 aromatic rings. The summed E-state index contributed by atoms with van der Waals surface area (Å²) in [5.74, 6) is 0.840. The second-order valence-corrected chi connectivity index (χ2v) is 8.30. The van der Waals surface area contributed by atoms with Gasteiger partial charge in [-0.05, 0) is 58.5 Å². The number of guanidine groups is 1. The fourth-order valence-corrected chi connectivity index (χ4v) is 3.93. The van der Waals surface area contributed by atoms with Crippen LogP contribution in [0.5, 0.6) is 0 Å². The zero-order valence-electron chi connectivity index (χ0n) is 19.1. The van der Waals surface area contributed by atoms with Gasteiger partial charge in [0.25, 0.3) is 0 Å². The van der Waals surface area contributed by atoms with Gasteiger partial charge in [-0.25, -0.2) is 0 Å². The van der Waals surface area contributed by atoms with Crippen LogP contribution >= 0.6 is 0 Å². The first-order valence-electron chi connectivity index (χ1n) is 11.0. The first-order valence-corrected chi connectivity index (χ1v) is 11.0. The largest absolute Gasteiger partial charge is 0.372 e. The Labute approximate surface area is 181 Å². The van der Waals surface area contributed by atoms with Gasteiger partial charge < -0.3 is 20.4 Å². The Kier molecular flexibility index (Phi) is 7.74. The summed E-state index contributed by atoms with van der Waals surface area (Å²) in [4.78, 5) is 9.56. The van der Waals surface area contributed by atoms with Crippen LogP contribution in [0, 0.1) is 0 Å². The van der Waals surface area contributed by atoms with Crippen molar-refractivity contribution < 1.29 is 0 Å². The number of nitrogens with one attached hydrogen (secondary N) is 2. The van der Waals surface area contributed by atoms with Crippen LogP contribution in [0.4, 0.5) is 5.69 Å². The molecule has 3 rings (SSSR count). The maximum atomic E-state index is 4.89. The molecule has 164 valence electrons. The third kappa shape index (κ3) is 5.75. The minimum absolute atomic E-state index is 0.168. The average Bonchev–Trinajstić information content (AvgIpc) is 3.40. The number of benzene rings is 1. The van der Waals surface area contributed by atoms with Crippen LogP contribution in [0.15, 0.2) is 41.7 Å². The Hall–Kier alpha value is -2.54. The summed E-state index contributed by atoms with van der Waals surface area (Å²) in [7, 11) is 6.11. The smallest absolute Gasteiger partial charge is 0.191 e. The van der Waals surface area contributed by atoms with Gasteiger partial charge >= 0.3 is 0 Å². The molecular weight excluding hydrogens is 374 g/mol. The number of hydrogen-bond acceptors (Lipinski definition) is 4. The maximum Gasteiger partial charge on any atom is 0.191 e. The molecule has 0 saturated carbocycles. The van der Waals surface area contributed by atoms with Gasteiger partial charge in [-0.1, -0.05) is 12.1 Å².